The fourth-order valence-electron chi connectivity index (χ4n) is 3.06. The van der Waals surface area contributed by atoms with Crippen LogP contribution in [0, 0.1) is 5.41 Å². The minimum atomic E-state index is -0.417. The van der Waals surface area contributed by atoms with Crippen molar-refractivity contribution in [3.05, 3.63) is 29.8 Å². The maximum Gasteiger partial charge on any atom is 0.119 e. The molecule has 1 unspecified atom stereocenters. The molecule has 0 spiro atoms. The Morgan fingerprint density at radius 1 is 1.29 bits per heavy atom. The Hall–Kier alpha value is -1.06. The molecule has 1 saturated heterocycles. The molecule has 3 nitrogen and oxygen atoms in total. The standard InChI is InChI=1S/C18H29NO2/c1-4-12-21-16-8-6-15(7-9-16)17(20)13-19-11-5-10-18(2,3)14-19/h6-9,17,20H,4-5,10-14H2,1-3H3. The molecule has 1 aromatic rings. The Kier molecular flexibility index (Phi) is 5.65. The van der Waals surface area contributed by atoms with E-state index >= 15 is 0 Å². The lowest BCUT2D eigenvalue weighted by molar-refractivity contribution is 0.0598. The highest BCUT2D eigenvalue weighted by Gasteiger charge is 2.27. The molecule has 0 amide bonds. The first-order valence-electron chi connectivity index (χ1n) is 8.13. The van der Waals surface area contributed by atoms with Crippen LogP contribution in [-0.4, -0.2) is 36.2 Å². The van der Waals surface area contributed by atoms with E-state index < -0.39 is 6.10 Å². The molecular formula is C18H29NO2. The summed E-state index contributed by atoms with van der Waals surface area (Å²) in [6.45, 7) is 10.3. The SMILES string of the molecule is CCCOc1ccc(C(O)CN2CCCC(C)(C)C2)cc1. The minimum Gasteiger partial charge on any atom is -0.494 e. The van der Waals surface area contributed by atoms with Crippen molar-refractivity contribution >= 4 is 0 Å². The van der Waals surface area contributed by atoms with Crippen LogP contribution in [0.3, 0.4) is 0 Å². The second-order valence-electron chi connectivity index (χ2n) is 6.94. The van der Waals surface area contributed by atoms with Gasteiger partial charge in [0.05, 0.1) is 12.7 Å². The summed E-state index contributed by atoms with van der Waals surface area (Å²) >= 11 is 0. The van der Waals surface area contributed by atoms with Crippen molar-refractivity contribution in [1.82, 2.24) is 4.90 Å². The zero-order chi connectivity index (χ0) is 15.3. The van der Waals surface area contributed by atoms with Gasteiger partial charge in [-0.25, -0.2) is 0 Å². The average Bonchev–Trinajstić information content (AvgIpc) is 2.44. The van der Waals surface area contributed by atoms with Crippen LogP contribution in [0.1, 0.15) is 51.7 Å². The molecule has 1 aliphatic rings. The Balaban J connectivity index is 1.89. The van der Waals surface area contributed by atoms with Crippen LogP contribution in [0.25, 0.3) is 0 Å². The molecule has 0 aliphatic carbocycles. The number of nitrogens with zero attached hydrogens (tertiary/aromatic N) is 1. The van der Waals surface area contributed by atoms with Gasteiger partial charge in [0.2, 0.25) is 0 Å². The van der Waals surface area contributed by atoms with Crippen molar-refractivity contribution in [1.29, 1.82) is 0 Å². The first-order chi connectivity index (χ1) is 10.00. The first kappa shape index (κ1) is 16.3. The van der Waals surface area contributed by atoms with Crippen molar-refractivity contribution < 1.29 is 9.84 Å². The van der Waals surface area contributed by atoms with E-state index in [2.05, 4.69) is 25.7 Å². The molecule has 1 aliphatic heterocycles. The van der Waals surface area contributed by atoms with E-state index in [9.17, 15) is 5.11 Å². The largest absolute Gasteiger partial charge is 0.494 e. The summed E-state index contributed by atoms with van der Waals surface area (Å²) < 4.78 is 5.58. The van der Waals surface area contributed by atoms with Crippen molar-refractivity contribution in [2.45, 2.75) is 46.1 Å². The third-order valence-electron chi connectivity index (χ3n) is 4.15. The summed E-state index contributed by atoms with van der Waals surface area (Å²) in [6, 6.07) is 7.86. The topological polar surface area (TPSA) is 32.7 Å². The Labute approximate surface area is 128 Å². The van der Waals surface area contributed by atoms with E-state index in [0.717, 1.165) is 44.0 Å². The highest BCUT2D eigenvalue weighted by Crippen LogP contribution is 2.29. The van der Waals surface area contributed by atoms with Gasteiger partial charge >= 0.3 is 0 Å². The van der Waals surface area contributed by atoms with Crippen LogP contribution in [0.2, 0.25) is 0 Å². The highest BCUT2D eigenvalue weighted by molar-refractivity contribution is 5.28. The summed E-state index contributed by atoms with van der Waals surface area (Å²) in [4.78, 5) is 2.38. The number of hydrogen-bond acceptors (Lipinski definition) is 3. The lowest BCUT2D eigenvalue weighted by Gasteiger charge is -2.38. The molecule has 0 bridgehead atoms. The summed E-state index contributed by atoms with van der Waals surface area (Å²) in [5.74, 6) is 0.881. The maximum absolute atomic E-state index is 10.4. The number of aliphatic hydroxyl groups excluding tert-OH is 1. The molecule has 0 aromatic heterocycles. The van der Waals surface area contributed by atoms with E-state index in [-0.39, 0.29) is 0 Å². The Bertz CT molecular complexity index is 427. The van der Waals surface area contributed by atoms with Gasteiger partial charge in [-0.05, 0) is 48.9 Å². The average molecular weight is 291 g/mol. The zero-order valence-electron chi connectivity index (χ0n) is 13.6. The number of benzene rings is 1. The molecule has 1 atom stereocenters. The van der Waals surface area contributed by atoms with Gasteiger partial charge in [0, 0.05) is 13.1 Å². The highest BCUT2D eigenvalue weighted by atomic mass is 16.5. The van der Waals surface area contributed by atoms with Crippen LogP contribution in [0.5, 0.6) is 5.75 Å². The molecule has 2 rings (SSSR count). The van der Waals surface area contributed by atoms with E-state index in [1.807, 2.05) is 24.3 Å². The van der Waals surface area contributed by atoms with Gasteiger partial charge < -0.3 is 9.84 Å². The maximum atomic E-state index is 10.4. The minimum absolute atomic E-state index is 0.371. The zero-order valence-corrected chi connectivity index (χ0v) is 13.6. The van der Waals surface area contributed by atoms with Crippen LogP contribution in [0.4, 0.5) is 0 Å². The van der Waals surface area contributed by atoms with Crippen molar-refractivity contribution in [2.75, 3.05) is 26.2 Å². The van der Waals surface area contributed by atoms with Gasteiger partial charge in [-0.3, -0.25) is 4.90 Å². The lowest BCUT2D eigenvalue weighted by atomic mass is 9.84. The number of aliphatic hydroxyl groups is 1. The lowest BCUT2D eigenvalue weighted by Crippen LogP contribution is -2.41. The van der Waals surface area contributed by atoms with E-state index in [4.69, 9.17) is 4.74 Å². The van der Waals surface area contributed by atoms with Gasteiger partial charge in [-0.1, -0.05) is 32.9 Å². The molecule has 3 heteroatoms. The van der Waals surface area contributed by atoms with Gasteiger partial charge in [-0.15, -0.1) is 0 Å². The number of hydrogen-bond donors (Lipinski definition) is 1. The molecule has 1 aromatic carbocycles. The first-order valence-corrected chi connectivity index (χ1v) is 8.13. The second-order valence-corrected chi connectivity index (χ2v) is 6.94. The molecule has 118 valence electrons. The summed E-state index contributed by atoms with van der Waals surface area (Å²) in [6.07, 6.45) is 3.10. The van der Waals surface area contributed by atoms with Crippen LogP contribution >= 0.6 is 0 Å². The second kappa shape index (κ2) is 7.28. The molecule has 21 heavy (non-hydrogen) atoms. The smallest absolute Gasteiger partial charge is 0.119 e. The van der Waals surface area contributed by atoms with E-state index in [0.29, 0.717) is 5.41 Å². The molecule has 1 fully saturated rings. The van der Waals surface area contributed by atoms with Crippen LogP contribution in [-0.2, 0) is 0 Å². The van der Waals surface area contributed by atoms with Crippen LogP contribution in [0.15, 0.2) is 24.3 Å². The molecule has 0 saturated carbocycles. The number of likely N-dealkylation sites (tertiary alicyclic amines) is 1. The van der Waals surface area contributed by atoms with Gasteiger partial charge in [-0.2, -0.15) is 0 Å². The molecule has 1 heterocycles. The van der Waals surface area contributed by atoms with Crippen molar-refractivity contribution in [3.8, 4) is 5.75 Å². The van der Waals surface area contributed by atoms with Gasteiger partial charge in [0.25, 0.3) is 0 Å². The number of ether oxygens (including phenoxy) is 1. The Morgan fingerprint density at radius 2 is 2.00 bits per heavy atom. The predicted octanol–water partition coefficient (Wildman–Crippen LogP) is 3.63. The van der Waals surface area contributed by atoms with Crippen molar-refractivity contribution in [2.24, 2.45) is 5.41 Å². The van der Waals surface area contributed by atoms with Gasteiger partial charge in [0.15, 0.2) is 0 Å². The molecule has 0 radical (unpaired) electrons. The number of piperidine rings is 1. The quantitative estimate of drug-likeness (QED) is 0.868. The van der Waals surface area contributed by atoms with E-state index in [1.165, 1.54) is 12.8 Å². The fourth-order valence-corrected chi connectivity index (χ4v) is 3.06. The molecule has 1 N–H and O–H groups in total. The van der Waals surface area contributed by atoms with Crippen molar-refractivity contribution in [3.63, 3.8) is 0 Å². The molecular weight excluding hydrogens is 262 g/mol. The fraction of sp³-hybridized carbons (Fsp3) is 0.667. The number of rotatable bonds is 6. The summed E-state index contributed by atoms with van der Waals surface area (Å²) in [7, 11) is 0. The normalized spacial score (nSPS) is 20.2. The van der Waals surface area contributed by atoms with Crippen LogP contribution < -0.4 is 4.74 Å². The number of β-amino-alcohol motifs (C(OH)–C–C–N with tert-alkyl or cyclic N) is 1. The third kappa shape index (κ3) is 5.01. The van der Waals surface area contributed by atoms with E-state index in [1.54, 1.807) is 0 Å². The van der Waals surface area contributed by atoms with Gasteiger partial charge in [0.1, 0.15) is 5.75 Å². The summed E-state index contributed by atoms with van der Waals surface area (Å²) in [5.41, 5.74) is 1.35. The monoisotopic (exact) mass is 291 g/mol. The predicted molar refractivity (Wildman–Crippen MR) is 86.6 cm³/mol. The third-order valence-corrected chi connectivity index (χ3v) is 4.15. The Morgan fingerprint density at radius 3 is 2.62 bits per heavy atom. The summed E-state index contributed by atoms with van der Waals surface area (Å²) in [5, 5.41) is 10.4.